The smallest absolute Gasteiger partial charge is 0.305 e. The van der Waals surface area contributed by atoms with E-state index in [0.29, 0.717) is 24.0 Å². The molecule has 1 aromatic carbocycles. The van der Waals surface area contributed by atoms with Crippen LogP contribution in [0.1, 0.15) is 27.7 Å². The maximum atomic E-state index is 10.8. The van der Waals surface area contributed by atoms with Crippen molar-refractivity contribution in [2.45, 2.75) is 34.0 Å². The zero-order valence-corrected chi connectivity index (χ0v) is 11.3. The summed E-state index contributed by atoms with van der Waals surface area (Å²) in [6.07, 6.45) is -0.633. The van der Waals surface area contributed by atoms with E-state index in [0.717, 1.165) is 0 Å². The highest BCUT2D eigenvalue weighted by Gasteiger charge is 2.11. The van der Waals surface area contributed by atoms with Gasteiger partial charge in [-0.2, -0.15) is 0 Å². The number of rotatable bonds is 6. The van der Waals surface area contributed by atoms with Gasteiger partial charge in [-0.25, -0.2) is 0 Å². The van der Waals surface area contributed by atoms with Gasteiger partial charge in [0.1, 0.15) is 0 Å². The molecule has 0 saturated heterocycles. The molecule has 0 bridgehead atoms. The van der Waals surface area contributed by atoms with Gasteiger partial charge in [-0.15, -0.1) is 0 Å². The molecule has 0 spiro atoms. The van der Waals surface area contributed by atoms with Crippen LogP contribution in [0.15, 0.2) is 24.3 Å². The second-order valence-corrected chi connectivity index (χ2v) is 4.45. The Hall–Kier alpha value is -1.71. The fraction of sp³-hybridized carbons (Fsp3) is 0.500. The summed E-state index contributed by atoms with van der Waals surface area (Å²) < 4.78 is 16.1. The van der Waals surface area contributed by atoms with Crippen LogP contribution in [0.3, 0.4) is 0 Å². The predicted molar refractivity (Wildman–Crippen MR) is 68.6 cm³/mol. The summed E-state index contributed by atoms with van der Waals surface area (Å²) in [6.45, 7) is 7.78. The minimum atomic E-state index is -0.633. The molecule has 18 heavy (non-hydrogen) atoms. The van der Waals surface area contributed by atoms with Crippen molar-refractivity contribution in [1.29, 1.82) is 0 Å². The van der Waals surface area contributed by atoms with Gasteiger partial charge in [0.15, 0.2) is 11.5 Å². The molecule has 0 radical (unpaired) electrons. The van der Waals surface area contributed by atoms with Crippen LogP contribution >= 0.6 is 0 Å². The first-order valence-corrected chi connectivity index (χ1v) is 6.04. The summed E-state index contributed by atoms with van der Waals surface area (Å²) in [7, 11) is 0. The van der Waals surface area contributed by atoms with Gasteiger partial charge in [-0.1, -0.05) is 26.0 Å². The van der Waals surface area contributed by atoms with E-state index in [4.69, 9.17) is 14.2 Å². The van der Waals surface area contributed by atoms with Crippen LogP contribution in [0.5, 0.6) is 11.5 Å². The number of carbonyl (C=O) groups is 1. The second kappa shape index (κ2) is 6.89. The first-order chi connectivity index (χ1) is 8.49. The van der Waals surface area contributed by atoms with Gasteiger partial charge in [0.25, 0.3) is 0 Å². The monoisotopic (exact) mass is 252 g/mol. The molecular formula is C14H20O4. The first kappa shape index (κ1) is 14.4. The number of hydrogen-bond donors (Lipinski definition) is 0. The van der Waals surface area contributed by atoms with E-state index in [-0.39, 0.29) is 5.97 Å². The lowest BCUT2D eigenvalue weighted by Crippen LogP contribution is -2.19. The average molecular weight is 252 g/mol. The van der Waals surface area contributed by atoms with Crippen molar-refractivity contribution in [1.82, 2.24) is 0 Å². The Morgan fingerprint density at radius 1 is 1.17 bits per heavy atom. The van der Waals surface area contributed by atoms with Gasteiger partial charge < -0.3 is 14.2 Å². The van der Waals surface area contributed by atoms with Crippen LogP contribution in [-0.2, 0) is 9.53 Å². The quantitative estimate of drug-likeness (QED) is 0.576. The van der Waals surface area contributed by atoms with Gasteiger partial charge >= 0.3 is 5.97 Å². The Bertz CT molecular complexity index is 387. The van der Waals surface area contributed by atoms with Gasteiger partial charge in [-0.3, -0.25) is 4.79 Å². The second-order valence-electron chi connectivity index (χ2n) is 4.45. The molecule has 0 N–H and O–H groups in total. The molecule has 0 fully saturated rings. The largest absolute Gasteiger partial charge is 0.489 e. The minimum absolute atomic E-state index is 0.372. The molecule has 0 aliphatic heterocycles. The highest BCUT2D eigenvalue weighted by atomic mass is 16.7. The Balaban J connectivity index is 2.66. The van der Waals surface area contributed by atoms with Crippen molar-refractivity contribution in [2.24, 2.45) is 5.92 Å². The maximum absolute atomic E-state index is 10.8. The van der Waals surface area contributed by atoms with E-state index >= 15 is 0 Å². The van der Waals surface area contributed by atoms with Crippen molar-refractivity contribution >= 4 is 5.97 Å². The Labute approximate surface area is 108 Å². The van der Waals surface area contributed by atoms with Crippen molar-refractivity contribution in [3.8, 4) is 11.5 Å². The fourth-order valence-electron chi connectivity index (χ4n) is 1.36. The van der Waals surface area contributed by atoms with Crippen LogP contribution in [0.25, 0.3) is 0 Å². The lowest BCUT2D eigenvalue weighted by Gasteiger charge is -2.17. The van der Waals surface area contributed by atoms with E-state index in [2.05, 4.69) is 13.8 Å². The van der Waals surface area contributed by atoms with Crippen LogP contribution in [-0.4, -0.2) is 18.9 Å². The predicted octanol–water partition coefficient (Wildman–Crippen LogP) is 3.01. The molecule has 1 rings (SSSR count). The van der Waals surface area contributed by atoms with Gasteiger partial charge in [0.05, 0.1) is 6.61 Å². The highest BCUT2D eigenvalue weighted by molar-refractivity contribution is 5.66. The third kappa shape index (κ3) is 5.08. The summed E-state index contributed by atoms with van der Waals surface area (Å²) in [5, 5.41) is 0. The topological polar surface area (TPSA) is 44.8 Å². The Morgan fingerprint density at radius 2 is 1.78 bits per heavy atom. The zero-order valence-electron chi connectivity index (χ0n) is 11.3. The molecule has 100 valence electrons. The zero-order chi connectivity index (χ0) is 13.5. The van der Waals surface area contributed by atoms with Crippen molar-refractivity contribution in [3.63, 3.8) is 0 Å². The molecule has 0 saturated carbocycles. The highest BCUT2D eigenvalue weighted by Crippen LogP contribution is 2.27. The van der Waals surface area contributed by atoms with E-state index in [1.807, 2.05) is 18.2 Å². The molecule has 0 amide bonds. The van der Waals surface area contributed by atoms with Gasteiger partial charge in [-0.05, 0) is 18.1 Å². The number of carbonyl (C=O) groups excluding carboxylic acids is 1. The van der Waals surface area contributed by atoms with Crippen LogP contribution in [0, 0.1) is 5.92 Å². The summed E-state index contributed by atoms with van der Waals surface area (Å²) in [5.74, 6) is 1.30. The number of esters is 1. The van der Waals surface area contributed by atoms with Crippen molar-refractivity contribution < 1.29 is 19.0 Å². The summed E-state index contributed by atoms with van der Waals surface area (Å²) in [4.78, 5) is 10.8. The van der Waals surface area contributed by atoms with Crippen molar-refractivity contribution in [3.05, 3.63) is 24.3 Å². The number of hydrogen-bond acceptors (Lipinski definition) is 4. The van der Waals surface area contributed by atoms with Crippen molar-refractivity contribution in [2.75, 3.05) is 6.61 Å². The van der Waals surface area contributed by atoms with E-state index in [1.165, 1.54) is 6.92 Å². The Kier molecular flexibility index (Phi) is 5.49. The van der Waals surface area contributed by atoms with E-state index in [1.54, 1.807) is 13.0 Å². The van der Waals surface area contributed by atoms with Gasteiger partial charge in [0, 0.05) is 13.8 Å². The van der Waals surface area contributed by atoms with E-state index in [9.17, 15) is 4.79 Å². The van der Waals surface area contributed by atoms with Crippen LogP contribution < -0.4 is 9.47 Å². The average Bonchev–Trinajstić information content (AvgIpc) is 2.26. The Morgan fingerprint density at radius 3 is 2.33 bits per heavy atom. The number of benzene rings is 1. The molecule has 0 heterocycles. The fourth-order valence-corrected chi connectivity index (χ4v) is 1.36. The molecule has 1 atom stereocenters. The van der Waals surface area contributed by atoms with Crippen LogP contribution in [0.4, 0.5) is 0 Å². The molecule has 0 aromatic heterocycles. The molecular weight excluding hydrogens is 232 g/mol. The first-order valence-electron chi connectivity index (χ1n) is 6.04. The van der Waals surface area contributed by atoms with Gasteiger partial charge in [0.2, 0.25) is 6.29 Å². The third-order valence-corrected chi connectivity index (χ3v) is 2.05. The summed E-state index contributed by atoms with van der Waals surface area (Å²) in [6, 6.07) is 7.34. The standard InChI is InChI=1S/C14H20O4/c1-10(2)9-16-13-7-5-6-8-14(13)18-12(4)17-11(3)15/h5-8,10,12H,9H2,1-4H3. The maximum Gasteiger partial charge on any atom is 0.305 e. The molecule has 4 nitrogen and oxygen atoms in total. The normalized spacial score (nSPS) is 12.1. The summed E-state index contributed by atoms with van der Waals surface area (Å²) in [5.41, 5.74) is 0. The third-order valence-electron chi connectivity index (χ3n) is 2.05. The van der Waals surface area contributed by atoms with E-state index < -0.39 is 6.29 Å². The number of para-hydroxylation sites is 2. The van der Waals surface area contributed by atoms with Crippen LogP contribution in [0.2, 0.25) is 0 Å². The minimum Gasteiger partial charge on any atom is -0.489 e. The lowest BCUT2D eigenvalue weighted by atomic mass is 10.2. The molecule has 0 aliphatic rings. The SMILES string of the molecule is CC(=O)OC(C)Oc1ccccc1OCC(C)C. The molecule has 1 aromatic rings. The molecule has 1 unspecified atom stereocenters. The number of ether oxygens (including phenoxy) is 3. The molecule has 4 heteroatoms. The lowest BCUT2D eigenvalue weighted by molar-refractivity contribution is -0.158. The molecule has 0 aliphatic carbocycles. The summed E-state index contributed by atoms with van der Waals surface area (Å²) >= 11 is 0.